The number of alkyl halides is 3. The molecule has 0 spiro atoms. The molecule has 0 fully saturated rings. The van der Waals surface area contributed by atoms with E-state index in [2.05, 4.69) is 4.98 Å². The summed E-state index contributed by atoms with van der Waals surface area (Å²) in [6.45, 7) is 0. The van der Waals surface area contributed by atoms with Gasteiger partial charge in [-0.3, -0.25) is 0 Å². The van der Waals surface area contributed by atoms with Gasteiger partial charge in [-0.15, -0.1) is 11.3 Å². The highest BCUT2D eigenvalue weighted by Crippen LogP contribution is 2.32. The zero-order valence-electron chi connectivity index (χ0n) is 7.75. The third-order valence-electron chi connectivity index (χ3n) is 1.94. The van der Waals surface area contributed by atoms with Crippen molar-refractivity contribution >= 4 is 22.9 Å². The van der Waals surface area contributed by atoms with Gasteiger partial charge < -0.3 is 0 Å². The molecule has 2 aromatic rings. The van der Waals surface area contributed by atoms with Crippen LogP contribution in [0.25, 0.3) is 10.6 Å². The van der Waals surface area contributed by atoms with Crippen molar-refractivity contribution in [1.82, 2.24) is 4.98 Å². The molecule has 0 amide bonds. The Morgan fingerprint density at radius 3 is 2.19 bits per heavy atom. The van der Waals surface area contributed by atoms with E-state index < -0.39 is 11.7 Å². The Morgan fingerprint density at radius 1 is 1.12 bits per heavy atom. The Balaban J connectivity index is 2.33. The Bertz CT molecular complexity index is 490. The summed E-state index contributed by atoms with van der Waals surface area (Å²) in [5.41, 5.74) is -0.0381. The lowest BCUT2D eigenvalue weighted by atomic mass is 10.1. The molecule has 16 heavy (non-hydrogen) atoms. The van der Waals surface area contributed by atoms with Crippen LogP contribution in [0.1, 0.15) is 5.56 Å². The number of hydrogen-bond acceptors (Lipinski definition) is 2. The fraction of sp³-hybridized carbons (Fsp3) is 0.100. The van der Waals surface area contributed by atoms with Crippen LogP contribution in [0.2, 0.25) is 4.34 Å². The molecule has 0 N–H and O–H groups in total. The van der Waals surface area contributed by atoms with E-state index in [9.17, 15) is 13.2 Å². The fourth-order valence-electron chi connectivity index (χ4n) is 1.19. The van der Waals surface area contributed by atoms with Crippen molar-refractivity contribution in [2.45, 2.75) is 6.18 Å². The van der Waals surface area contributed by atoms with Crippen LogP contribution < -0.4 is 0 Å². The first kappa shape index (κ1) is 11.4. The molecule has 0 atom stereocenters. The fourth-order valence-corrected chi connectivity index (χ4v) is 2.11. The molecular weight excluding hydrogens is 259 g/mol. The minimum absolute atomic E-state index is 0.509. The van der Waals surface area contributed by atoms with E-state index in [-0.39, 0.29) is 0 Å². The second-order valence-corrected chi connectivity index (χ2v) is 4.71. The number of rotatable bonds is 1. The van der Waals surface area contributed by atoms with Crippen LogP contribution in [0.4, 0.5) is 13.2 Å². The van der Waals surface area contributed by atoms with E-state index in [1.165, 1.54) is 29.7 Å². The van der Waals surface area contributed by atoms with Crippen molar-refractivity contribution in [3.63, 3.8) is 0 Å². The summed E-state index contributed by atoms with van der Waals surface area (Å²) in [5.74, 6) is 0. The van der Waals surface area contributed by atoms with Crippen molar-refractivity contribution in [2.75, 3.05) is 0 Å². The molecule has 1 heterocycles. The number of benzene rings is 1. The molecule has 0 radical (unpaired) electrons. The minimum atomic E-state index is -4.31. The average Bonchev–Trinajstić information content (AvgIpc) is 2.64. The lowest BCUT2D eigenvalue weighted by Gasteiger charge is -2.06. The summed E-state index contributed by atoms with van der Waals surface area (Å²) in [7, 11) is 0. The summed E-state index contributed by atoms with van der Waals surface area (Å²) >= 11 is 6.92. The third-order valence-corrected chi connectivity index (χ3v) is 3.10. The molecule has 1 nitrogen and oxygen atoms in total. The minimum Gasteiger partial charge on any atom is -0.243 e. The van der Waals surface area contributed by atoms with Crippen molar-refractivity contribution in [1.29, 1.82) is 0 Å². The van der Waals surface area contributed by atoms with Crippen LogP contribution in [0.5, 0.6) is 0 Å². The Morgan fingerprint density at radius 2 is 1.75 bits per heavy atom. The van der Waals surface area contributed by atoms with Gasteiger partial charge in [0.05, 0.1) is 11.8 Å². The summed E-state index contributed by atoms with van der Waals surface area (Å²) in [6.07, 6.45) is -2.84. The van der Waals surface area contributed by atoms with Gasteiger partial charge in [0.15, 0.2) is 0 Å². The lowest BCUT2D eigenvalue weighted by molar-refractivity contribution is -0.137. The smallest absolute Gasteiger partial charge is 0.243 e. The first-order valence-corrected chi connectivity index (χ1v) is 5.45. The van der Waals surface area contributed by atoms with Crippen molar-refractivity contribution < 1.29 is 13.2 Å². The highest BCUT2D eigenvalue weighted by Gasteiger charge is 2.30. The average molecular weight is 264 g/mol. The first-order chi connectivity index (χ1) is 7.47. The van der Waals surface area contributed by atoms with Gasteiger partial charge >= 0.3 is 6.18 Å². The van der Waals surface area contributed by atoms with E-state index in [0.717, 1.165) is 12.1 Å². The summed E-state index contributed by atoms with van der Waals surface area (Å²) in [6, 6.07) is 4.84. The zero-order valence-corrected chi connectivity index (χ0v) is 9.33. The molecule has 1 aromatic carbocycles. The molecule has 0 aliphatic carbocycles. The van der Waals surface area contributed by atoms with E-state index >= 15 is 0 Å². The maximum absolute atomic E-state index is 12.3. The number of hydrogen-bond donors (Lipinski definition) is 0. The van der Waals surface area contributed by atoms with Crippen LogP contribution in [0.3, 0.4) is 0 Å². The second kappa shape index (κ2) is 4.07. The van der Waals surface area contributed by atoms with Gasteiger partial charge in [-0.1, -0.05) is 23.7 Å². The van der Waals surface area contributed by atoms with Gasteiger partial charge in [0.1, 0.15) is 9.34 Å². The largest absolute Gasteiger partial charge is 0.416 e. The zero-order chi connectivity index (χ0) is 11.8. The molecular formula is C10H5ClF3NS. The van der Waals surface area contributed by atoms with Gasteiger partial charge in [-0.05, 0) is 12.1 Å². The Kier molecular flexibility index (Phi) is 2.90. The van der Waals surface area contributed by atoms with E-state index in [1.54, 1.807) is 0 Å². The normalized spacial score (nSPS) is 11.8. The van der Waals surface area contributed by atoms with Gasteiger partial charge in [0.2, 0.25) is 0 Å². The molecule has 0 saturated heterocycles. The van der Waals surface area contributed by atoms with E-state index in [0.29, 0.717) is 14.9 Å². The molecule has 0 unspecified atom stereocenters. The summed E-state index contributed by atoms with van der Waals surface area (Å²) in [5, 5.41) is 0.610. The third kappa shape index (κ3) is 2.36. The van der Waals surface area contributed by atoms with Gasteiger partial charge in [-0.25, -0.2) is 4.98 Å². The SMILES string of the molecule is FC(F)(F)c1ccc(-c2ncc(Cl)s2)cc1. The molecule has 0 saturated carbocycles. The number of nitrogens with zero attached hydrogens (tertiary/aromatic N) is 1. The quantitative estimate of drug-likeness (QED) is 0.739. The van der Waals surface area contributed by atoms with Crippen LogP contribution in [-0.2, 0) is 6.18 Å². The van der Waals surface area contributed by atoms with Crippen LogP contribution in [0, 0.1) is 0 Å². The predicted octanol–water partition coefficient (Wildman–Crippen LogP) is 4.48. The van der Waals surface area contributed by atoms with E-state index in [1.807, 2.05) is 0 Å². The van der Waals surface area contributed by atoms with Crippen molar-refractivity contribution in [3.05, 3.63) is 40.4 Å². The standard InChI is InChI=1S/C10H5ClF3NS/c11-8-5-15-9(16-8)6-1-3-7(4-2-6)10(12,13)14/h1-5H. The number of thiazole rings is 1. The number of aromatic nitrogens is 1. The molecule has 1 aromatic heterocycles. The predicted molar refractivity (Wildman–Crippen MR) is 57.6 cm³/mol. The van der Waals surface area contributed by atoms with Crippen LogP contribution >= 0.6 is 22.9 Å². The molecule has 0 aliphatic heterocycles. The maximum Gasteiger partial charge on any atom is 0.416 e. The lowest BCUT2D eigenvalue weighted by Crippen LogP contribution is -2.03. The van der Waals surface area contributed by atoms with Gasteiger partial charge in [0, 0.05) is 5.56 Å². The summed E-state index contributed by atoms with van der Waals surface area (Å²) in [4.78, 5) is 3.98. The topological polar surface area (TPSA) is 12.9 Å². The molecule has 84 valence electrons. The van der Waals surface area contributed by atoms with E-state index in [4.69, 9.17) is 11.6 Å². The highest BCUT2D eigenvalue weighted by molar-refractivity contribution is 7.18. The molecule has 2 rings (SSSR count). The monoisotopic (exact) mass is 263 g/mol. The number of halogens is 4. The van der Waals surface area contributed by atoms with Gasteiger partial charge in [-0.2, -0.15) is 13.2 Å². The Labute approximate surface area is 98.5 Å². The second-order valence-electron chi connectivity index (χ2n) is 3.04. The first-order valence-electron chi connectivity index (χ1n) is 4.26. The molecule has 6 heteroatoms. The highest BCUT2D eigenvalue weighted by atomic mass is 35.5. The van der Waals surface area contributed by atoms with Crippen molar-refractivity contribution in [2.24, 2.45) is 0 Å². The van der Waals surface area contributed by atoms with Crippen molar-refractivity contribution in [3.8, 4) is 10.6 Å². The van der Waals surface area contributed by atoms with Crippen LogP contribution in [0.15, 0.2) is 30.5 Å². The maximum atomic E-state index is 12.3. The molecule has 0 bridgehead atoms. The Hall–Kier alpha value is -1.07. The van der Waals surface area contributed by atoms with Crippen LogP contribution in [-0.4, -0.2) is 4.98 Å². The van der Waals surface area contributed by atoms with Gasteiger partial charge in [0.25, 0.3) is 0 Å². The summed E-state index contributed by atoms with van der Waals surface area (Å²) < 4.78 is 37.4. The molecule has 0 aliphatic rings.